The average molecular weight is 464 g/mol. The van der Waals surface area contributed by atoms with Crippen LogP contribution in [0.2, 0.25) is 5.02 Å². The first-order chi connectivity index (χ1) is 12.7. The van der Waals surface area contributed by atoms with Crippen LogP contribution >= 0.6 is 36.4 Å². The van der Waals surface area contributed by atoms with Crippen LogP contribution in [0.3, 0.4) is 0 Å². The topological polar surface area (TPSA) is 29.5 Å². The van der Waals surface area contributed by atoms with Gasteiger partial charge in [0, 0.05) is 50.7 Å². The number of nitrogens with zero attached hydrogens (tertiary/aromatic N) is 2. The lowest BCUT2D eigenvalue weighted by atomic mass is 10.1. The summed E-state index contributed by atoms with van der Waals surface area (Å²) in [6.07, 6.45) is 2.10. The van der Waals surface area contributed by atoms with Gasteiger partial charge < -0.3 is 14.4 Å². The Bertz CT molecular complexity index is 652. The van der Waals surface area contributed by atoms with Gasteiger partial charge in [0.2, 0.25) is 0 Å². The fourth-order valence-electron chi connectivity index (χ4n) is 3.29. The molecule has 1 saturated heterocycles. The molecular weight excluding hydrogens is 435 g/mol. The summed E-state index contributed by atoms with van der Waals surface area (Å²) in [5, 5.41) is 0.691. The fourth-order valence-corrected chi connectivity index (χ4v) is 4.48. The molecule has 1 aliphatic rings. The zero-order valence-electron chi connectivity index (χ0n) is 16.0. The van der Waals surface area contributed by atoms with E-state index < -0.39 is 11.2 Å². The number of hydrogen-bond acceptors (Lipinski definition) is 3. The van der Waals surface area contributed by atoms with Gasteiger partial charge in [-0.2, -0.15) is 0 Å². The molecule has 2 aromatic rings. The highest BCUT2D eigenvalue weighted by molar-refractivity contribution is 7.91. The van der Waals surface area contributed by atoms with Crippen LogP contribution in [-0.2, 0) is 17.6 Å². The maximum absolute atomic E-state index is 12.3. The summed E-state index contributed by atoms with van der Waals surface area (Å²) < 4.78 is 12.3. The van der Waals surface area contributed by atoms with Crippen LogP contribution in [0.25, 0.3) is 0 Å². The highest BCUT2D eigenvalue weighted by Gasteiger charge is 2.17. The van der Waals surface area contributed by atoms with Crippen LogP contribution in [0.15, 0.2) is 59.5 Å². The first-order valence-corrected chi connectivity index (χ1v) is 11.0. The minimum Gasteiger partial charge on any atom is -0.611 e. The summed E-state index contributed by atoms with van der Waals surface area (Å²) in [5.41, 5.74) is 1.42. The summed E-state index contributed by atoms with van der Waals surface area (Å²) >= 11 is 4.96. The van der Waals surface area contributed by atoms with Crippen molar-refractivity contribution in [2.75, 3.05) is 45.0 Å². The molecule has 1 fully saturated rings. The van der Waals surface area contributed by atoms with E-state index in [2.05, 4.69) is 40.1 Å². The first-order valence-electron chi connectivity index (χ1n) is 9.33. The van der Waals surface area contributed by atoms with Gasteiger partial charge in [-0.15, -0.1) is 24.8 Å². The summed E-state index contributed by atoms with van der Waals surface area (Å²) in [5.74, 6) is 0.718. The molecule has 156 valence electrons. The second-order valence-corrected chi connectivity index (χ2v) is 8.78. The Morgan fingerprint density at radius 3 is 2.00 bits per heavy atom. The molecule has 0 amide bonds. The largest absolute Gasteiger partial charge is 0.611 e. The Balaban J connectivity index is 0.00000196. The van der Waals surface area contributed by atoms with Crippen LogP contribution in [0.1, 0.15) is 12.0 Å². The Kier molecular flexibility index (Phi) is 12.5. The van der Waals surface area contributed by atoms with Crippen molar-refractivity contribution in [3.8, 4) is 0 Å². The number of hydrogen-bond donors (Lipinski definition) is 0. The van der Waals surface area contributed by atoms with Gasteiger partial charge in [-0.3, -0.25) is 0 Å². The fraction of sp³-hybridized carbons (Fsp3) is 0.429. The number of benzene rings is 2. The van der Waals surface area contributed by atoms with Gasteiger partial charge in [-0.25, -0.2) is 0 Å². The van der Waals surface area contributed by atoms with Gasteiger partial charge >= 0.3 is 0 Å². The van der Waals surface area contributed by atoms with Gasteiger partial charge in [0.1, 0.15) is 5.75 Å². The van der Waals surface area contributed by atoms with Gasteiger partial charge in [0.25, 0.3) is 0 Å². The molecule has 2 aromatic carbocycles. The average Bonchev–Trinajstić information content (AvgIpc) is 2.68. The predicted octanol–water partition coefficient (Wildman–Crippen LogP) is 4.54. The highest BCUT2D eigenvalue weighted by atomic mass is 35.5. The molecule has 1 aliphatic heterocycles. The second-order valence-electron chi connectivity index (χ2n) is 6.78. The van der Waals surface area contributed by atoms with Crippen molar-refractivity contribution in [1.82, 2.24) is 9.80 Å². The van der Waals surface area contributed by atoms with E-state index in [1.165, 1.54) is 5.56 Å². The van der Waals surface area contributed by atoms with Crippen molar-refractivity contribution in [2.24, 2.45) is 0 Å². The first kappa shape index (κ1) is 25.6. The maximum Gasteiger partial charge on any atom is 0.152 e. The van der Waals surface area contributed by atoms with E-state index in [0.29, 0.717) is 5.02 Å². The van der Waals surface area contributed by atoms with Crippen molar-refractivity contribution < 1.29 is 4.55 Å². The van der Waals surface area contributed by atoms with Crippen molar-refractivity contribution in [3.05, 3.63) is 65.2 Å². The lowest BCUT2D eigenvalue weighted by molar-refractivity contribution is 0.134. The maximum atomic E-state index is 12.3. The summed E-state index contributed by atoms with van der Waals surface area (Å²) in [6.45, 7) is 6.66. The number of piperazine rings is 1. The molecule has 28 heavy (non-hydrogen) atoms. The quantitative estimate of drug-likeness (QED) is 0.538. The van der Waals surface area contributed by atoms with Crippen LogP contribution in [0, 0.1) is 0 Å². The van der Waals surface area contributed by atoms with E-state index in [-0.39, 0.29) is 24.8 Å². The van der Waals surface area contributed by atoms with Crippen molar-refractivity contribution in [3.63, 3.8) is 0 Å². The number of halogens is 3. The minimum absolute atomic E-state index is 0. The molecule has 1 atom stereocenters. The zero-order chi connectivity index (χ0) is 18.2. The molecule has 3 nitrogen and oxygen atoms in total. The molecule has 7 heteroatoms. The molecule has 0 aromatic heterocycles. The monoisotopic (exact) mass is 462 g/mol. The van der Waals surface area contributed by atoms with E-state index in [9.17, 15) is 4.55 Å². The van der Waals surface area contributed by atoms with E-state index in [1.54, 1.807) is 0 Å². The van der Waals surface area contributed by atoms with Gasteiger partial charge in [0.15, 0.2) is 4.90 Å². The Labute approximate surface area is 189 Å². The normalized spacial score (nSPS) is 16.1. The van der Waals surface area contributed by atoms with Crippen molar-refractivity contribution >= 4 is 47.6 Å². The molecular formula is C21H29Cl3N2OS. The van der Waals surface area contributed by atoms with Crippen molar-refractivity contribution in [1.29, 1.82) is 0 Å². The number of rotatable bonds is 8. The van der Waals surface area contributed by atoms with E-state index in [4.69, 9.17) is 11.6 Å². The minimum atomic E-state index is -0.923. The molecule has 0 bridgehead atoms. The Morgan fingerprint density at radius 1 is 0.821 bits per heavy atom. The molecule has 3 rings (SSSR count). The van der Waals surface area contributed by atoms with E-state index >= 15 is 0 Å². The second kappa shape index (κ2) is 13.7. The molecule has 0 N–H and O–H groups in total. The van der Waals surface area contributed by atoms with E-state index in [0.717, 1.165) is 62.8 Å². The van der Waals surface area contributed by atoms with E-state index in [1.807, 2.05) is 24.3 Å². The molecule has 1 unspecified atom stereocenters. The standard InChI is InChI=1S/C21H27ClN2OS.2ClH/c22-20-7-9-21(10-8-20)26(25)18-4-12-23-14-16-24(17-15-23)13-11-19-5-2-1-3-6-19;;/h1-3,5-10H,4,11-18H2;2*1H. The lowest BCUT2D eigenvalue weighted by Gasteiger charge is -2.34. The SMILES string of the molecule is Cl.Cl.[O-][S+](CCCN1CCN(CCc2ccccc2)CC1)c1ccc(Cl)cc1. The summed E-state index contributed by atoms with van der Waals surface area (Å²) in [4.78, 5) is 5.92. The molecule has 0 radical (unpaired) electrons. The lowest BCUT2D eigenvalue weighted by Crippen LogP contribution is -2.47. The predicted molar refractivity (Wildman–Crippen MR) is 125 cm³/mol. The third kappa shape index (κ3) is 8.50. The zero-order valence-corrected chi connectivity index (χ0v) is 19.2. The van der Waals surface area contributed by atoms with Crippen LogP contribution in [0.4, 0.5) is 0 Å². The smallest absolute Gasteiger partial charge is 0.152 e. The molecule has 0 spiro atoms. The third-order valence-corrected chi connectivity index (χ3v) is 6.61. The molecule has 1 heterocycles. The third-order valence-electron chi connectivity index (χ3n) is 4.91. The molecule has 0 aliphatic carbocycles. The summed E-state index contributed by atoms with van der Waals surface area (Å²) in [6, 6.07) is 18.1. The van der Waals surface area contributed by atoms with Gasteiger partial charge in [-0.05, 0) is 47.4 Å². The van der Waals surface area contributed by atoms with Crippen LogP contribution in [0.5, 0.6) is 0 Å². The Morgan fingerprint density at radius 2 is 1.39 bits per heavy atom. The summed E-state index contributed by atoms with van der Waals surface area (Å²) in [7, 11) is 0. The Hall–Kier alpha value is -0.460. The van der Waals surface area contributed by atoms with Crippen LogP contribution in [-0.4, -0.2) is 59.4 Å². The molecule has 0 saturated carbocycles. The van der Waals surface area contributed by atoms with Gasteiger partial charge in [-0.1, -0.05) is 41.9 Å². The van der Waals surface area contributed by atoms with Crippen molar-refractivity contribution in [2.45, 2.75) is 17.7 Å². The van der Waals surface area contributed by atoms with Crippen LogP contribution < -0.4 is 0 Å². The van der Waals surface area contributed by atoms with Gasteiger partial charge in [0.05, 0.1) is 0 Å². The highest BCUT2D eigenvalue weighted by Crippen LogP contribution is 2.16.